The van der Waals surface area contributed by atoms with E-state index in [1.807, 2.05) is 6.21 Å². The summed E-state index contributed by atoms with van der Waals surface area (Å²) in [7, 11) is 0. The third kappa shape index (κ3) is 3.06. The number of carbonyl (C=O) groups is 1. The van der Waals surface area contributed by atoms with Crippen molar-refractivity contribution >= 4 is 17.9 Å². The van der Waals surface area contributed by atoms with Gasteiger partial charge in [0, 0.05) is 12.4 Å². The molecular formula is C18H18N2O2. The van der Waals surface area contributed by atoms with Crippen molar-refractivity contribution in [3.05, 3.63) is 59.4 Å². The van der Waals surface area contributed by atoms with Gasteiger partial charge in [0.1, 0.15) is 0 Å². The number of rotatable bonds is 4. The van der Waals surface area contributed by atoms with Crippen molar-refractivity contribution < 1.29 is 9.90 Å². The number of hydrogen-bond acceptors (Lipinski definition) is 3. The molecule has 0 amide bonds. The third-order valence-electron chi connectivity index (χ3n) is 4.14. The molecule has 1 N–H and O–H groups in total. The Morgan fingerprint density at radius 2 is 2.23 bits per heavy atom. The van der Waals surface area contributed by atoms with Gasteiger partial charge in [0.2, 0.25) is 0 Å². The molecule has 0 aliphatic heterocycles. The summed E-state index contributed by atoms with van der Waals surface area (Å²) in [5, 5.41) is 9.14. The number of carboxylic acids is 1. The molecule has 1 unspecified atom stereocenters. The molecule has 1 heterocycles. The van der Waals surface area contributed by atoms with Crippen molar-refractivity contribution in [2.75, 3.05) is 0 Å². The predicted octanol–water partition coefficient (Wildman–Crippen LogP) is 3.99. The van der Waals surface area contributed by atoms with Gasteiger partial charge in [-0.15, -0.1) is 0 Å². The summed E-state index contributed by atoms with van der Waals surface area (Å²) in [6, 6.07) is 10.0. The summed E-state index contributed by atoms with van der Waals surface area (Å²) in [6.45, 7) is 0. The molecule has 1 aromatic heterocycles. The fourth-order valence-electron chi connectivity index (χ4n) is 3.05. The van der Waals surface area contributed by atoms with E-state index in [0.717, 1.165) is 19.3 Å². The van der Waals surface area contributed by atoms with E-state index in [0.29, 0.717) is 11.6 Å². The number of carboxylic acid groups (broad SMARTS) is 1. The summed E-state index contributed by atoms with van der Waals surface area (Å²) in [4.78, 5) is 19.4. The van der Waals surface area contributed by atoms with Crippen LogP contribution in [0.25, 0.3) is 0 Å². The van der Waals surface area contributed by atoms with Gasteiger partial charge in [-0.2, -0.15) is 0 Å². The molecule has 0 fully saturated rings. The number of aryl methyl sites for hydroxylation is 1. The maximum absolute atomic E-state index is 11.1. The largest absolute Gasteiger partial charge is 0.478 e. The Labute approximate surface area is 129 Å². The first-order valence-electron chi connectivity index (χ1n) is 7.53. The molecule has 1 atom stereocenters. The Morgan fingerprint density at radius 3 is 3.09 bits per heavy atom. The molecule has 112 valence electrons. The summed E-state index contributed by atoms with van der Waals surface area (Å²) >= 11 is 0. The topological polar surface area (TPSA) is 62.5 Å². The number of pyridine rings is 1. The highest BCUT2D eigenvalue weighted by atomic mass is 16.4. The van der Waals surface area contributed by atoms with Crippen LogP contribution < -0.4 is 0 Å². The zero-order valence-corrected chi connectivity index (χ0v) is 12.3. The normalized spacial score (nSPS) is 17.4. The van der Waals surface area contributed by atoms with Crippen molar-refractivity contribution in [2.24, 2.45) is 4.99 Å². The maximum atomic E-state index is 11.1. The average Bonchev–Trinajstić information content (AvgIpc) is 2.55. The predicted molar refractivity (Wildman–Crippen MR) is 86.1 cm³/mol. The highest BCUT2D eigenvalue weighted by Gasteiger charge is 2.18. The highest BCUT2D eigenvalue weighted by Crippen LogP contribution is 2.33. The van der Waals surface area contributed by atoms with E-state index < -0.39 is 5.97 Å². The molecule has 2 aromatic rings. The van der Waals surface area contributed by atoms with Gasteiger partial charge in [0.15, 0.2) is 0 Å². The minimum atomic E-state index is -0.974. The van der Waals surface area contributed by atoms with E-state index in [9.17, 15) is 4.79 Å². The van der Waals surface area contributed by atoms with Crippen LogP contribution in [-0.4, -0.2) is 22.3 Å². The highest BCUT2D eigenvalue weighted by molar-refractivity contribution is 5.93. The Bertz CT molecular complexity index is 710. The van der Waals surface area contributed by atoms with E-state index >= 15 is 0 Å². The van der Waals surface area contributed by atoms with Crippen molar-refractivity contribution in [2.45, 2.75) is 31.6 Å². The van der Waals surface area contributed by atoms with E-state index in [1.54, 1.807) is 0 Å². The van der Waals surface area contributed by atoms with Gasteiger partial charge < -0.3 is 5.11 Å². The number of fused-ring (bicyclic) bond motifs is 1. The number of hydrogen-bond donors (Lipinski definition) is 1. The molecular weight excluding hydrogens is 276 g/mol. The molecule has 22 heavy (non-hydrogen) atoms. The lowest BCUT2D eigenvalue weighted by Gasteiger charge is -2.24. The first kappa shape index (κ1) is 14.4. The second kappa shape index (κ2) is 6.52. The van der Waals surface area contributed by atoms with Crippen LogP contribution in [0.3, 0.4) is 0 Å². The van der Waals surface area contributed by atoms with Crippen LogP contribution in [-0.2, 0) is 6.42 Å². The van der Waals surface area contributed by atoms with Gasteiger partial charge >= 0.3 is 5.97 Å². The van der Waals surface area contributed by atoms with Crippen LogP contribution in [0.4, 0.5) is 5.69 Å². The van der Waals surface area contributed by atoms with Crippen molar-refractivity contribution in [3.8, 4) is 0 Å². The average molecular weight is 294 g/mol. The molecule has 0 saturated carbocycles. The van der Waals surface area contributed by atoms with Gasteiger partial charge in [0.05, 0.1) is 17.4 Å². The maximum Gasteiger partial charge on any atom is 0.338 e. The quantitative estimate of drug-likeness (QED) is 0.867. The summed E-state index contributed by atoms with van der Waals surface area (Å²) in [6.07, 6.45) is 9.12. The molecule has 0 saturated heterocycles. The first-order valence-corrected chi connectivity index (χ1v) is 7.53. The molecule has 1 aliphatic rings. The van der Waals surface area contributed by atoms with Gasteiger partial charge in [-0.3, -0.25) is 9.98 Å². The van der Waals surface area contributed by atoms with Crippen LogP contribution in [0, 0.1) is 0 Å². The monoisotopic (exact) mass is 294 g/mol. The van der Waals surface area contributed by atoms with Crippen LogP contribution in [0.1, 0.15) is 46.7 Å². The summed E-state index contributed by atoms with van der Waals surface area (Å²) in [5.74, 6) is -0.504. The van der Waals surface area contributed by atoms with Gasteiger partial charge in [-0.25, -0.2) is 4.79 Å². The Hall–Kier alpha value is -2.49. The van der Waals surface area contributed by atoms with Gasteiger partial charge in [0.25, 0.3) is 0 Å². The lowest BCUT2D eigenvalue weighted by atomic mass is 9.81. The van der Waals surface area contributed by atoms with Crippen LogP contribution in [0.2, 0.25) is 0 Å². The van der Waals surface area contributed by atoms with E-state index in [2.05, 4.69) is 34.2 Å². The number of aliphatic imine (C=N–C) groups is 1. The molecule has 0 radical (unpaired) electrons. The van der Waals surface area contributed by atoms with Crippen LogP contribution in [0.15, 0.2) is 47.7 Å². The lowest BCUT2D eigenvalue weighted by molar-refractivity contribution is 0.0697. The minimum Gasteiger partial charge on any atom is -0.478 e. The van der Waals surface area contributed by atoms with Crippen molar-refractivity contribution in [3.63, 3.8) is 0 Å². The minimum absolute atomic E-state index is 0.190. The number of aromatic carboxylic acids is 1. The molecule has 0 bridgehead atoms. The summed E-state index contributed by atoms with van der Waals surface area (Å²) < 4.78 is 0. The standard InChI is InChI=1S/C18H18N2O2/c21-18(22)16-9-10-19-12-17(16)20-11-8-14-6-3-5-13-4-1-2-7-15(13)14/h1-2,4,7,9-12,14H,3,5-6,8H2,(H,21,22). The fraction of sp³-hybridized carbons (Fsp3) is 0.278. The Kier molecular flexibility index (Phi) is 4.28. The smallest absolute Gasteiger partial charge is 0.338 e. The van der Waals surface area contributed by atoms with Crippen molar-refractivity contribution in [1.82, 2.24) is 4.98 Å². The Balaban J connectivity index is 1.75. The SMILES string of the molecule is O=C(O)c1ccncc1N=CCC1CCCc2ccccc21. The van der Waals surface area contributed by atoms with E-state index in [-0.39, 0.29) is 5.56 Å². The zero-order valence-electron chi connectivity index (χ0n) is 12.3. The second-order valence-electron chi connectivity index (χ2n) is 5.53. The van der Waals surface area contributed by atoms with Crippen LogP contribution >= 0.6 is 0 Å². The van der Waals surface area contributed by atoms with Gasteiger partial charge in [-0.05, 0) is 48.8 Å². The van der Waals surface area contributed by atoms with Crippen molar-refractivity contribution in [1.29, 1.82) is 0 Å². The summed E-state index contributed by atoms with van der Waals surface area (Å²) in [5.41, 5.74) is 3.44. The zero-order chi connectivity index (χ0) is 15.4. The molecule has 4 heteroatoms. The fourth-order valence-corrected chi connectivity index (χ4v) is 3.05. The molecule has 1 aliphatic carbocycles. The van der Waals surface area contributed by atoms with Crippen LogP contribution in [0.5, 0.6) is 0 Å². The molecule has 1 aromatic carbocycles. The third-order valence-corrected chi connectivity index (χ3v) is 4.14. The Morgan fingerprint density at radius 1 is 1.36 bits per heavy atom. The lowest BCUT2D eigenvalue weighted by Crippen LogP contribution is -2.09. The molecule has 3 rings (SSSR count). The first-order chi connectivity index (χ1) is 10.8. The number of nitrogens with zero attached hydrogens (tertiary/aromatic N) is 2. The second-order valence-corrected chi connectivity index (χ2v) is 5.53. The van der Waals surface area contributed by atoms with Gasteiger partial charge in [-0.1, -0.05) is 24.3 Å². The van der Waals surface area contributed by atoms with E-state index in [4.69, 9.17) is 5.11 Å². The molecule has 0 spiro atoms. The number of benzene rings is 1. The van der Waals surface area contributed by atoms with E-state index in [1.165, 1.54) is 36.0 Å². The number of aromatic nitrogens is 1. The molecule has 4 nitrogen and oxygen atoms in total.